The van der Waals surface area contributed by atoms with Crippen molar-refractivity contribution in [3.8, 4) is 0 Å². The number of aromatic nitrogens is 2. The summed E-state index contributed by atoms with van der Waals surface area (Å²) in [5.74, 6) is 0.805. The second-order valence-corrected chi connectivity index (χ2v) is 3.81. The second-order valence-electron chi connectivity index (χ2n) is 2.31. The topological polar surface area (TPSA) is 37.8 Å². The van der Waals surface area contributed by atoms with Crippen LogP contribution in [-0.2, 0) is 0 Å². The van der Waals surface area contributed by atoms with E-state index in [1.807, 2.05) is 13.8 Å². The van der Waals surface area contributed by atoms with Gasteiger partial charge in [-0.25, -0.2) is 4.98 Å². The van der Waals surface area contributed by atoms with E-state index >= 15 is 0 Å². The van der Waals surface area contributed by atoms with Crippen molar-refractivity contribution in [2.24, 2.45) is 0 Å². The minimum atomic E-state index is 0.124. The molecule has 1 aromatic rings. The zero-order chi connectivity index (χ0) is 8.27. The number of hydrogen-bond donors (Lipinski definition) is 1. The van der Waals surface area contributed by atoms with E-state index in [0.717, 1.165) is 17.5 Å². The highest BCUT2D eigenvalue weighted by Gasteiger charge is 2.00. The Kier molecular flexibility index (Phi) is 3.08. The number of aryl methyl sites for hydroxylation is 1. The number of nitrogens with zero attached hydrogens (tertiary/aromatic N) is 2. The van der Waals surface area contributed by atoms with Crippen molar-refractivity contribution in [3.05, 3.63) is 5.82 Å². The highest BCUT2D eigenvalue weighted by atomic mass is 35.5. The van der Waals surface area contributed by atoms with E-state index in [2.05, 4.69) is 14.7 Å². The number of nitrogens with one attached hydrogen (secondary N) is 1. The first-order valence-electron chi connectivity index (χ1n) is 3.36. The van der Waals surface area contributed by atoms with Crippen molar-refractivity contribution < 1.29 is 0 Å². The summed E-state index contributed by atoms with van der Waals surface area (Å²) in [6.07, 6.45) is 0. The van der Waals surface area contributed by atoms with Crippen LogP contribution in [0.1, 0.15) is 12.7 Å². The van der Waals surface area contributed by atoms with Crippen LogP contribution in [0.3, 0.4) is 0 Å². The lowest BCUT2D eigenvalue weighted by Crippen LogP contribution is -2.09. The van der Waals surface area contributed by atoms with Crippen molar-refractivity contribution in [2.45, 2.75) is 19.2 Å². The fraction of sp³-hybridized carbons (Fsp3) is 0.667. The molecule has 0 spiro atoms. The van der Waals surface area contributed by atoms with Crippen LogP contribution in [0.4, 0.5) is 5.13 Å². The molecule has 0 aliphatic heterocycles. The molecule has 0 aliphatic rings. The average molecular weight is 192 g/mol. The summed E-state index contributed by atoms with van der Waals surface area (Å²) < 4.78 is 4.02. The summed E-state index contributed by atoms with van der Waals surface area (Å²) in [7, 11) is 0. The molecule has 3 nitrogen and oxygen atoms in total. The quantitative estimate of drug-likeness (QED) is 0.742. The first-order valence-corrected chi connectivity index (χ1v) is 4.57. The lowest BCUT2D eigenvalue weighted by molar-refractivity contribution is 0.981. The van der Waals surface area contributed by atoms with Gasteiger partial charge in [0.1, 0.15) is 5.82 Å². The van der Waals surface area contributed by atoms with Gasteiger partial charge in [-0.1, -0.05) is 0 Å². The Hall–Kier alpha value is -0.350. The standard InChI is InChI=1S/C6H10ClN3S/c1-4(7)3-8-6-9-5(2)10-11-6/h4H,3H2,1-2H3,(H,8,9,10). The molecule has 5 heteroatoms. The van der Waals surface area contributed by atoms with Gasteiger partial charge in [-0.05, 0) is 13.8 Å². The molecule has 0 saturated carbocycles. The molecule has 1 N–H and O–H groups in total. The molecule has 0 amide bonds. The van der Waals surface area contributed by atoms with E-state index in [9.17, 15) is 0 Å². The Bertz CT molecular complexity index is 223. The van der Waals surface area contributed by atoms with Crippen molar-refractivity contribution in [2.75, 3.05) is 11.9 Å². The Morgan fingerprint density at radius 1 is 1.73 bits per heavy atom. The van der Waals surface area contributed by atoms with Crippen LogP contribution in [0.15, 0.2) is 0 Å². The second kappa shape index (κ2) is 3.88. The third-order valence-corrected chi connectivity index (χ3v) is 1.98. The van der Waals surface area contributed by atoms with Crippen LogP contribution in [0, 0.1) is 6.92 Å². The summed E-state index contributed by atoms with van der Waals surface area (Å²) in [6, 6.07) is 0. The summed E-state index contributed by atoms with van der Waals surface area (Å²) in [6.45, 7) is 4.53. The van der Waals surface area contributed by atoms with E-state index in [0.29, 0.717) is 0 Å². The highest BCUT2D eigenvalue weighted by molar-refractivity contribution is 7.09. The minimum absolute atomic E-state index is 0.124. The van der Waals surface area contributed by atoms with Crippen LogP contribution < -0.4 is 5.32 Å². The molecule has 1 heterocycles. The smallest absolute Gasteiger partial charge is 0.202 e. The number of alkyl halides is 1. The van der Waals surface area contributed by atoms with Crippen LogP contribution in [0.25, 0.3) is 0 Å². The first-order chi connectivity index (χ1) is 5.18. The maximum atomic E-state index is 5.73. The Labute approximate surface area is 75.0 Å². The molecule has 0 saturated heterocycles. The van der Waals surface area contributed by atoms with E-state index < -0.39 is 0 Å². The Morgan fingerprint density at radius 3 is 2.91 bits per heavy atom. The summed E-state index contributed by atoms with van der Waals surface area (Å²) in [4.78, 5) is 4.12. The summed E-state index contributed by atoms with van der Waals surface area (Å²) in [5.41, 5.74) is 0. The van der Waals surface area contributed by atoms with Crippen molar-refractivity contribution in [1.29, 1.82) is 0 Å². The van der Waals surface area contributed by atoms with Gasteiger partial charge in [-0.15, -0.1) is 11.6 Å². The van der Waals surface area contributed by atoms with Gasteiger partial charge in [0.15, 0.2) is 0 Å². The lowest BCUT2D eigenvalue weighted by atomic mass is 10.5. The average Bonchev–Trinajstić information content (AvgIpc) is 2.31. The largest absolute Gasteiger partial charge is 0.359 e. The van der Waals surface area contributed by atoms with Gasteiger partial charge in [-0.2, -0.15) is 4.37 Å². The third-order valence-electron chi connectivity index (χ3n) is 1.06. The van der Waals surface area contributed by atoms with Gasteiger partial charge in [0.25, 0.3) is 0 Å². The van der Waals surface area contributed by atoms with E-state index in [1.54, 1.807) is 0 Å². The molecule has 1 rings (SSSR count). The molecule has 1 aromatic heterocycles. The molecular formula is C6H10ClN3S. The van der Waals surface area contributed by atoms with Crippen LogP contribution in [-0.4, -0.2) is 21.3 Å². The molecule has 11 heavy (non-hydrogen) atoms. The molecule has 0 aliphatic carbocycles. The van der Waals surface area contributed by atoms with Gasteiger partial charge in [0.05, 0.1) is 0 Å². The Balaban J connectivity index is 2.39. The molecule has 0 bridgehead atoms. The van der Waals surface area contributed by atoms with Gasteiger partial charge in [-0.3, -0.25) is 0 Å². The number of rotatable bonds is 3. The van der Waals surface area contributed by atoms with Gasteiger partial charge >= 0.3 is 0 Å². The summed E-state index contributed by atoms with van der Waals surface area (Å²) in [5, 5.41) is 4.04. The molecule has 0 radical (unpaired) electrons. The van der Waals surface area contributed by atoms with Gasteiger partial charge < -0.3 is 5.32 Å². The summed E-state index contributed by atoms with van der Waals surface area (Å²) >= 11 is 7.09. The van der Waals surface area contributed by atoms with Crippen molar-refractivity contribution in [3.63, 3.8) is 0 Å². The van der Waals surface area contributed by atoms with Crippen molar-refractivity contribution in [1.82, 2.24) is 9.36 Å². The SMILES string of the molecule is Cc1nsc(NCC(C)Cl)n1. The number of halogens is 1. The van der Waals surface area contributed by atoms with Crippen LogP contribution in [0.2, 0.25) is 0 Å². The van der Waals surface area contributed by atoms with Gasteiger partial charge in [0.2, 0.25) is 5.13 Å². The monoisotopic (exact) mass is 191 g/mol. The lowest BCUT2D eigenvalue weighted by Gasteiger charge is -2.01. The fourth-order valence-electron chi connectivity index (χ4n) is 0.597. The molecule has 1 atom stereocenters. The zero-order valence-electron chi connectivity index (χ0n) is 6.47. The molecule has 0 fully saturated rings. The highest BCUT2D eigenvalue weighted by Crippen LogP contribution is 2.10. The van der Waals surface area contributed by atoms with E-state index in [4.69, 9.17) is 11.6 Å². The maximum absolute atomic E-state index is 5.73. The minimum Gasteiger partial charge on any atom is -0.359 e. The van der Waals surface area contributed by atoms with Crippen molar-refractivity contribution >= 4 is 28.3 Å². The first kappa shape index (κ1) is 8.74. The third kappa shape index (κ3) is 3.03. The number of hydrogen-bond acceptors (Lipinski definition) is 4. The number of anilines is 1. The molecule has 1 unspecified atom stereocenters. The normalized spacial score (nSPS) is 13.0. The predicted molar refractivity (Wildman–Crippen MR) is 48.5 cm³/mol. The van der Waals surface area contributed by atoms with E-state index in [-0.39, 0.29) is 5.38 Å². The fourth-order valence-corrected chi connectivity index (χ4v) is 1.25. The molecule has 0 aromatic carbocycles. The Morgan fingerprint density at radius 2 is 2.45 bits per heavy atom. The van der Waals surface area contributed by atoms with E-state index in [1.165, 1.54) is 11.5 Å². The zero-order valence-corrected chi connectivity index (χ0v) is 8.04. The van der Waals surface area contributed by atoms with Crippen LogP contribution in [0.5, 0.6) is 0 Å². The van der Waals surface area contributed by atoms with Crippen LogP contribution >= 0.6 is 23.1 Å². The van der Waals surface area contributed by atoms with Gasteiger partial charge in [0, 0.05) is 23.5 Å². The maximum Gasteiger partial charge on any atom is 0.202 e. The molecular weight excluding hydrogens is 182 g/mol. The predicted octanol–water partition coefficient (Wildman–Crippen LogP) is 1.89. The molecule has 62 valence electrons.